The molecule has 0 bridgehead atoms. The number of fused-ring (bicyclic) bond motifs is 1. The lowest BCUT2D eigenvalue weighted by Crippen LogP contribution is -2.18. The van der Waals surface area contributed by atoms with Crippen molar-refractivity contribution in [3.63, 3.8) is 0 Å². The third-order valence-corrected chi connectivity index (χ3v) is 2.63. The molecule has 1 aliphatic rings. The van der Waals surface area contributed by atoms with Crippen molar-refractivity contribution in [2.24, 2.45) is 0 Å². The van der Waals surface area contributed by atoms with E-state index in [1.54, 1.807) is 0 Å². The van der Waals surface area contributed by atoms with Crippen molar-refractivity contribution in [2.75, 3.05) is 0 Å². The first-order valence-corrected chi connectivity index (χ1v) is 4.64. The predicted octanol–water partition coefficient (Wildman–Crippen LogP) is 2.19. The minimum absolute atomic E-state index is 0.0746. The van der Waals surface area contributed by atoms with E-state index in [9.17, 15) is 4.79 Å². The van der Waals surface area contributed by atoms with Crippen LogP contribution in [-0.4, -0.2) is 5.91 Å². The molecular weight excluding hydrogens is 162 g/mol. The van der Waals surface area contributed by atoms with Gasteiger partial charge in [-0.3, -0.25) is 4.79 Å². The van der Waals surface area contributed by atoms with Gasteiger partial charge < -0.3 is 5.32 Å². The Morgan fingerprint density at radius 1 is 1.46 bits per heavy atom. The van der Waals surface area contributed by atoms with Gasteiger partial charge in [-0.05, 0) is 30.5 Å². The molecule has 2 rings (SSSR count). The molecule has 1 atom stereocenters. The Morgan fingerprint density at radius 2 is 2.23 bits per heavy atom. The summed E-state index contributed by atoms with van der Waals surface area (Å²) < 4.78 is 0. The smallest absolute Gasteiger partial charge is 0.252 e. The number of hydrogen-bond acceptors (Lipinski definition) is 1. The van der Waals surface area contributed by atoms with Crippen molar-refractivity contribution in [2.45, 2.75) is 26.3 Å². The third-order valence-electron chi connectivity index (χ3n) is 2.63. The van der Waals surface area contributed by atoms with Crippen molar-refractivity contribution in [3.8, 4) is 0 Å². The highest BCUT2D eigenvalue weighted by molar-refractivity contribution is 5.99. The predicted molar refractivity (Wildman–Crippen MR) is 51.7 cm³/mol. The largest absolute Gasteiger partial charge is 0.345 e. The Morgan fingerprint density at radius 3 is 2.92 bits per heavy atom. The number of carbonyl (C=O) groups is 1. The molecule has 1 unspecified atom stereocenters. The summed E-state index contributed by atoms with van der Waals surface area (Å²) >= 11 is 0. The van der Waals surface area contributed by atoms with E-state index in [0.717, 1.165) is 12.0 Å². The molecule has 13 heavy (non-hydrogen) atoms. The Hall–Kier alpha value is -1.31. The molecule has 0 radical (unpaired) electrons. The van der Waals surface area contributed by atoms with Crippen molar-refractivity contribution in [3.05, 3.63) is 34.9 Å². The molecule has 0 aliphatic carbocycles. The maximum atomic E-state index is 11.5. The van der Waals surface area contributed by atoms with Crippen molar-refractivity contribution in [1.82, 2.24) is 5.32 Å². The molecule has 0 aromatic heterocycles. The quantitative estimate of drug-likeness (QED) is 0.696. The van der Waals surface area contributed by atoms with E-state index in [0.29, 0.717) is 0 Å². The molecule has 1 aromatic rings. The van der Waals surface area contributed by atoms with Gasteiger partial charge in [0.1, 0.15) is 0 Å². The SMILES string of the molecule is CCC1NC(=O)c2cccc(C)c21. The first-order valence-electron chi connectivity index (χ1n) is 4.64. The fraction of sp³-hybridized carbons (Fsp3) is 0.364. The van der Waals surface area contributed by atoms with E-state index in [1.807, 2.05) is 12.1 Å². The van der Waals surface area contributed by atoms with Gasteiger partial charge >= 0.3 is 0 Å². The Kier molecular flexibility index (Phi) is 1.83. The molecule has 0 saturated carbocycles. The van der Waals surface area contributed by atoms with Crippen molar-refractivity contribution >= 4 is 5.91 Å². The van der Waals surface area contributed by atoms with Crippen LogP contribution in [0.4, 0.5) is 0 Å². The molecule has 1 aromatic carbocycles. The van der Waals surface area contributed by atoms with Gasteiger partial charge in [-0.1, -0.05) is 19.1 Å². The zero-order valence-corrected chi connectivity index (χ0v) is 7.92. The number of amides is 1. The molecule has 2 nitrogen and oxygen atoms in total. The average Bonchev–Trinajstić information content (AvgIpc) is 2.45. The molecule has 1 aliphatic heterocycles. The van der Waals surface area contributed by atoms with E-state index >= 15 is 0 Å². The minimum Gasteiger partial charge on any atom is -0.345 e. The van der Waals surface area contributed by atoms with Crippen LogP contribution in [0.1, 0.15) is 40.9 Å². The fourth-order valence-electron chi connectivity index (χ4n) is 1.96. The maximum Gasteiger partial charge on any atom is 0.252 e. The van der Waals surface area contributed by atoms with E-state index in [-0.39, 0.29) is 11.9 Å². The van der Waals surface area contributed by atoms with Gasteiger partial charge in [0.25, 0.3) is 5.91 Å². The summed E-state index contributed by atoms with van der Waals surface area (Å²) in [7, 11) is 0. The van der Waals surface area contributed by atoms with Gasteiger partial charge in [0.05, 0.1) is 6.04 Å². The van der Waals surface area contributed by atoms with Crippen LogP contribution in [0.2, 0.25) is 0 Å². The Labute approximate surface area is 78.0 Å². The van der Waals surface area contributed by atoms with Crippen molar-refractivity contribution in [1.29, 1.82) is 0 Å². The second-order valence-corrected chi connectivity index (χ2v) is 3.47. The van der Waals surface area contributed by atoms with Crippen molar-refractivity contribution < 1.29 is 4.79 Å². The van der Waals surface area contributed by atoms with Crippen LogP contribution in [0.25, 0.3) is 0 Å². The van der Waals surface area contributed by atoms with Crippen LogP contribution in [0, 0.1) is 6.92 Å². The van der Waals surface area contributed by atoms with Gasteiger partial charge in [-0.25, -0.2) is 0 Å². The van der Waals surface area contributed by atoms with Crippen LogP contribution >= 0.6 is 0 Å². The van der Waals surface area contributed by atoms with Crippen LogP contribution in [-0.2, 0) is 0 Å². The number of nitrogens with one attached hydrogen (secondary N) is 1. The van der Waals surface area contributed by atoms with E-state index in [1.165, 1.54) is 11.1 Å². The highest BCUT2D eigenvalue weighted by atomic mass is 16.2. The number of carbonyl (C=O) groups excluding carboxylic acids is 1. The van der Waals surface area contributed by atoms with Gasteiger partial charge in [0.2, 0.25) is 0 Å². The summed E-state index contributed by atoms with van der Waals surface area (Å²) in [6, 6.07) is 6.12. The zero-order valence-electron chi connectivity index (χ0n) is 7.92. The molecule has 1 heterocycles. The second-order valence-electron chi connectivity index (χ2n) is 3.47. The normalized spacial score (nSPS) is 19.8. The molecule has 0 fully saturated rings. The molecule has 68 valence electrons. The molecule has 0 spiro atoms. The molecule has 2 heteroatoms. The van der Waals surface area contributed by atoms with Crippen LogP contribution in [0.15, 0.2) is 18.2 Å². The maximum absolute atomic E-state index is 11.5. The van der Waals surface area contributed by atoms with Gasteiger partial charge in [0.15, 0.2) is 0 Å². The number of rotatable bonds is 1. The second kappa shape index (κ2) is 2.87. The van der Waals surface area contributed by atoms with Crippen LogP contribution in [0.5, 0.6) is 0 Å². The summed E-state index contributed by atoms with van der Waals surface area (Å²) in [5, 5.41) is 2.97. The lowest BCUT2D eigenvalue weighted by Gasteiger charge is -2.10. The molecule has 1 amide bonds. The van der Waals surface area contributed by atoms with E-state index in [4.69, 9.17) is 0 Å². The number of aryl methyl sites for hydroxylation is 1. The number of benzene rings is 1. The molecule has 1 N–H and O–H groups in total. The van der Waals surface area contributed by atoms with Crippen LogP contribution in [0.3, 0.4) is 0 Å². The lowest BCUT2D eigenvalue weighted by molar-refractivity contribution is 0.0955. The summed E-state index contributed by atoms with van der Waals surface area (Å²) in [6.45, 7) is 4.15. The first-order chi connectivity index (χ1) is 6.24. The van der Waals surface area contributed by atoms with Gasteiger partial charge in [0, 0.05) is 5.56 Å². The summed E-state index contributed by atoms with van der Waals surface area (Å²) in [6.07, 6.45) is 0.962. The summed E-state index contributed by atoms with van der Waals surface area (Å²) in [4.78, 5) is 11.5. The average molecular weight is 175 g/mol. The zero-order chi connectivity index (χ0) is 9.42. The van der Waals surface area contributed by atoms with E-state index in [2.05, 4.69) is 25.2 Å². The highest BCUT2D eigenvalue weighted by Gasteiger charge is 2.27. The Bertz CT molecular complexity index is 357. The summed E-state index contributed by atoms with van der Waals surface area (Å²) in [5.41, 5.74) is 3.25. The molecular formula is C11H13NO. The summed E-state index contributed by atoms with van der Waals surface area (Å²) in [5.74, 6) is 0.0746. The fourth-order valence-corrected chi connectivity index (χ4v) is 1.96. The van der Waals surface area contributed by atoms with Gasteiger partial charge in [-0.15, -0.1) is 0 Å². The Balaban J connectivity index is 2.58. The lowest BCUT2D eigenvalue weighted by atomic mass is 9.98. The highest BCUT2D eigenvalue weighted by Crippen LogP contribution is 2.29. The third kappa shape index (κ3) is 1.13. The van der Waals surface area contributed by atoms with E-state index < -0.39 is 0 Å². The molecule has 0 saturated heterocycles. The standard InChI is InChI=1S/C11H13NO/c1-3-9-10-7(2)5-4-6-8(10)11(13)12-9/h4-6,9H,3H2,1-2H3,(H,12,13). The number of hydrogen-bond donors (Lipinski definition) is 1. The van der Waals surface area contributed by atoms with Gasteiger partial charge in [-0.2, -0.15) is 0 Å². The minimum atomic E-state index is 0.0746. The topological polar surface area (TPSA) is 29.1 Å². The first kappa shape index (κ1) is 8.30. The monoisotopic (exact) mass is 175 g/mol. The van der Waals surface area contributed by atoms with Crippen LogP contribution < -0.4 is 5.32 Å².